The summed E-state index contributed by atoms with van der Waals surface area (Å²) < 4.78 is 1.90. The van der Waals surface area contributed by atoms with E-state index >= 15 is 0 Å². The van der Waals surface area contributed by atoms with Crippen molar-refractivity contribution in [2.24, 2.45) is 7.05 Å². The van der Waals surface area contributed by atoms with Gasteiger partial charge in [-0.15, -0.1) is 0 Å². The summed E-state index contributed by atoms with van der Waals surface area (Å²) in [6.45, 7) is 2.10. The molecule has 3 heteroatoms. The summed E-state index contributed by atoms with van der Waals surface area (Å²) in [5.74, 6) is 0. The molecule has 0 saturated carbocycles. The molecule has 14 heavy (non-hydrogen) atoms. The Morgan fingerprint density at radius 1 is 1.50 bits per heavy atom. The largest absolute Gasteiger partial charge is 0.393 e. The molecule has 80 valence electrons. The molecule has 0 amide bonds. The third-order valence-corrected chi connectivity index (χ3v) is 2.51. The van der Waals surface area contributed by atoms with Crippen molar-refractivity contribution in [3.63, 3.8) is 0 Å². The van der Waals surface area contributed by atoms with Gasteiger partial charge in [-0.25, -0.2) is 0 Å². The van der Waals surface area contributed by atoms with Gasteiger partial charge in [-0.1, -0.05) is 13.3 Å². The van der Waals surface area contributed by atoms with Crippen LogP contribution in [0.3, 0.4) is 0 Å². The monoisotopic (exact) mass is 196 g/mol. The molecule has 0 bridgehead atoms. The van der Waals surface area contributed by atoms with Crippen LogP contribution in [0.2, 0.25) is 0 Å². The Hall–Kier alpha value is -0.830. The van der Waals surface area contributed by atoms with Gasteiger partial charge in [-0.3, -0.25) is 4.68 Å². The summed E-state index contributed by atoms with van der Waals surface area (Å²) in [5.41, 5.74) is 1.24. The van der Waals surface area contributed by atoms with Crippen LogP contribution >= 0.6 is 0 Å². The molecule has 3 nitrogen and oxygen atoms in total. The maximum atomic E-state index is 9.52. The fourth-order valence-corrected chi connectivity index (χ4v) is 1.64. The van der Waals surface area contributed by atoms with E-state index in [1.165, 1.54) is 5.69 Å². The zero-order valence-corrected chi connectivity index (χ0v) is 9.11. The highest BCUT2D eigenvalue weighted by Gasteiger charge is 2.03. The Morgan fingerprint density at radius 2 is 2.29 bits per heavy atom. The van der Waals surface area contributed by atoms with Crippen LogP contribution in [0.15, 0.2) is 12.3 Å². The van der Waals surface area contributed by atoms with E-state index < -0.39 is 0 Å². The third kappa shape index (κ3) is 3.50. The second-order valence-electron chi connectivity index (χ2n) is 3.78. The van der Waals surface area contributed by atoms with Crippen LogP contribution in [0.25, 0.3) is 0 Å². The minimum Gasteiger partial charge on any atom is -0.393 e. The maximum absolute atomic E-state index is 9.52. The number of hydrogen-bond acceptors (Lipinski definition) is 2. The highest BCUT2D eigenvalue weighted by Crippen LogP contribution is 2.08. The first-order valence-corrected chi connectivity index (χ1v) is 5.39. The molecular weight excluding hydrogens is 176 g/mol. The summed E-state index contributed by atoms with van der Waals surface area (Å²) in [6.07, 6.45) is 6.64. The van der Waals surface area contributed by atoms with Gasteiger partial charge < -0.3 is 5.11 Å². The van der Waals surface area contributed by atoms with Gasteiger partial charge in [0.15, 0.2) is 0 Å². The molecule has 1 aromatic heterocycles. The van der Waals surface area contributed by atoms with Gasteiger partial charge in [0.2, 0.25) is 0 Å². The lowest BCUT2D eigenvalue weighted by atomic mass is 10.1. The summed E-state index contributed by atoms with van der Waals surface area (Å²) in [4.78, 5) is 0. The van der Waals surface area contributed by atoms with Gasteiger partial charge in [0.05, 0.1) is 6.10 Å². The number of aliphatic hydroxyl groups is 1. The Kier molecular flexibility index (Phi) is 4.66. The van der Waals surface area contributed by atoms with Crippen LogP contribution in [0.1, 0.15) is 38.3 Å². The Morgan fingerprint density at radius 3 is 2.86 bits per heavy atom. The van der Waals surface area contributed by atoms with Crippen molar-refractivity contribution in [2.75, 3.05) is 0 Å². The first-order valence-electron chi connectivity index (χ1n) is 5.39. The van der Waals surface area contributed by atoms with Gasteiger partial charge in [0.1, 0.15) is 0 Å². The van der Waals surface area contributed by atoms with Crippen molar-refractivity contribution >= 4 is 0 Å². The van der Waals surface area contributed by atoms with E-state index in [0.717, 1.165) is 32.1 Å². The number of aliphatic hydroxyl groups excluding tert-OH is 1. The first kappa shape index (κ1) is 11.2. The molecule has 0 aliphatic carbocycles. The van der Waals surface area contributed by atoms with E-state index in [2.05, 4.69) is 12.0 Å². The van der Waals surface area contributed by atoms with Gasteiger partial charge in [-0.2, -0.15) is 5.10 Å². The Labute approximate surface area is 85.8 Å². The standard InChI is InChI=1S/C11H20N2O/c1-3-5-11(14)7-4-6-10-8-9-12-13(10)2/h8-9,11,14H,3-7H2,1-2H3. The lowest BCUT2D eigenvalue weighted by molar-refractivity contribution is 0.151. The zero-order valence-electron chi connectivity index (χ0n) is 9.11. The van der Waals surface area contributed by atoms with Crippen LogP contribution in [0.5, 0.6) is 0 Å². The minimum atomic E-state index is -0.117. The van der Waals surface area contributed by atoms with E-state index in [1.54, 1.807) is 0 Å². The highest BCUT2D eigenvalue weighted by molar-refractivity contribution is 4.99. The predicted molar refractivity (Wildman–Crippen MR) is 57.1 cm³/mol. The second-order valence-corrected chi connectivity index (χ2v) is 3.78. The Bertz CT molecular complexity index is 258. The summed E-state index contributed by atoms with van der Waals surface area (Å²) in [6, 6.07) is 2.03. The normalized spacial score (nSPS) is 13.1. The molecule has 1 aromatic rings. The molecule has 0 saturated heterocycles. The number of aryl methyl sites for hydroxylation is 2. The molecule has 0 aliphatic heterocycles. The van der Waals surface area contributed by atoms with Crippen LogP contribution in [0, 0.1) is 0 Å². The zero-order chi connectivity index (χ0) is 10.4. The molecule has 0 spiro atoms. The van der Waals surface area contributed by atoms with Gasteiger partial charge >= 0.3 is 0 Å². The van der Waals surface area contributed by atoms with Gasteiger partial charge in [0.25, 0.3) is 0 Å². The lowest BCUT2D eigenvalue weighted by Crippen LogP contribution is -2.07. The summed E-state index contributed by atoms with van der Waals surface area (Å²) in [7, 11) is 1.96. The van der Waals surface area contributed by atoms with E-state index in [-0.39, 0.29) is 6.10 Å². The highest BCUT2D eigenvalue weighted by atomic mass is 16.3. The quantitative estimate of drug-likeness (QED) is 0.754. The Balaban J connectivity index is 2.19. The molecular formula is C11H20N2O. The summed E-state index contributed by atoms with van der Waals surface area (Å²) in [5, 5.41) is 13.6. The van der Waals surface area contributed by atoms with Crippen molar-refractivity contribution in [3.05, 3.63) is 18.0 Å². The second kappa shape index (κ2) is 5.81. The average molecular weight is 196 g/mol. The fourth-order valence-electron chi connectivity index (χ4n) is 1.64. The van der Waals surface area contributed by atoms with Crippen LogP contribution in [-0.2, 0) is 13.5 Å². The van der Waals surface area contributed by atoms with Crippen molar-refractivity contribution in [3.8, 4) is 0 Å². The van der Waals surface area contributed by atoms with Crippen molar-refractivity contribution in [2.45, 2.75) is 45.1 Å². The van der Waals surface area contributed by atoms with Crippen LogP contribution in [-0.4, -0.2) is 21.0 Å². The first-order chi connectivity index (χ1) is 6.74. The van der Waals surface area contributed by atoms with Gasteiger partial charge in [0, 0.05) is 18.9 Å². The van der Waals surface area contributed by atoms with E-state index in [0.29, 0.717) is 0 Å². The average Bonchev–Trinajstić information content (AvgIpc) is 2.52. The SMILES string of the molecule is CCCC(O)CCCc1ccnn1C. The molecule has 0 aromatic carbocycles. The van der Waals surface area contributed by atoms with Crippen LogP contribution < -0.4 is 0 Å². The number of nitrogens with zero attached hydrogens (tertiary/aromatic N) is 2. The summed E-state index contributed by atoms with van der Waals surface area (Å²) >= 11 is 0. The van der Waals surface area contributed by atoms with E-state index in [4.69, 9.17) is 0 Å². The van der Waals surface area contributed by atoms with Gasteiger partial charge in [-0.05, 0) is 31.7 Å². The van der Waals surface area contributed by atoms with Crippen molar-refractivity contribution in [1.29, 1.82) is 0 Å². The smallest absolute Gasteiger partial charge is 0.0540 e. The van der Waals surface area contributed by atoms with Crippen molar-refractivity contribution < 1.29 is 5.11 Å². The number of aromatic nitrogens is 2. The third-order valence-electron chi connectivity index (χ3n) is 2.51. The minimum absolute atomic E-state index is 0.117. The van der Waals surface area contributed by atoms with Crippen molar-refractivity contribution in [1.82, 2.24) is 9.78 Å². The van der Waals surface area contributed by atoms with E-state index in [9.17, 15) is 5.11 Å². The molecule has 1 rings (SSSR count). The number of hydrogen-bond donors (Lipinski definition) is 1. The molecule has 0 radical (unpaired) electrons. The molecule has 1 atom stereocenters. The topological polar surface area (TPSA) is 38.1 Å². The lowest BCUT2D eigenvalue weighted by Gasteiger charge is -2.08. The number of rotatable bonds is 6. The molecule has 1 N–H and O–H groups in total. The molecule has 1 unspecified atom stereocenters. The fraction of sp³-hybridized carbons (Fsp3) is 0.727. The van der Waals surface area contributed by atoms with E-state index in [1.807, 2.05) is 24.0 Å². The van der Waals surface area contributed by atoms with Crippen LogP contribution in [0.4, 0.5) is 0 Å². The molecule has 1 heterocycles. The molecule has 0 fully saturated rings. The molecule has 0 aliphatic rings. The predicted octanol–water partition coefficient (Wildman–Crippen LogP) is 1.90. The maximum Gasteiger partial charge on any atom is 0.0540 e.